The Hall–Kier alpha value is -1.59. The van der Waals surface area contributed by atoms with Gasteiger partial charge >= 0.3 is 0 Å². The lowest BCUT2D eigenvalue weighted by Crippen LogP contribution is -2.39. The van der Waals surface area contributed by atoms with Crippen LogP contribution in [0.4, 0.5) is 5.69 Å². The Morgan fingerprint density at radius 2 is 2.11 bits per heavy atom. The van der Waals surface area contributed by atoms with Gasteiger partial charge in [0.15, 0.2) is 0 Å². The standard InChI is InChI=1S/C14H22N2O3/c1-11(14(17)15-7-8-18-2)16-13-6-4-5-12(9-13)10-19-3/h4-6,9,11,16H,7-8,10H2,1-3H3,(H,15,17). The largest absolute Gasteiger partial charge is 0.383 e. The van der Waals surface area contributed by atoms with Gasteiger partial charge in [0.1, 0.15) is 6.04 Å². The Balaban J connectivity index is 2.48. The number of carbonyl (C=O) groups excluding carboxylic acids is 1. The Morgan fingerprint density at radius 3 is 2.79 bits per heavy atom. The first-order chi connectivity index (χ1) is 9.17. The van der Waals surface area contributed by atoms with Crippen molar-refractivity contribution in [3.8, 4) is 0 Å². The van der Waals surface area contributed by atoms with Gasteiger partial charge in [-0.3, -0.25) is 4.79 Å². The van der Waals surface area contributed by atoms with Gasteiger partial charge in [0, 0.05) is 26.5 Å². The molecule has 106 valence electrons. The van der Waals surface area contributed by atoms with Gasteiger partial charge in [-0.2, -0.15) is 0 Å². The van der Waals surface area contributed by atoms with Crippen LogP contribution >= 0.6 is 0 Å². The molecular formula is C14H22N2O3. The monoisotopic (exact) mass is 266 g/mol. The molecule has 5 heteroatoms. The Morgan fingerprint density at radius 1 is 1.32 bits per heavy atom. The van der Waals surface area contributed by atoms with Crippen molar-refractivity contribution in [2.45, 2.75) is 19.6 Å². The first-order valence-corrected chi connectivity index (χ1v) is 6.28. The zero-order valence-corrected chi connectivity index (χ0v) is 11.7. The van der Waals surface area contributed by atoms with Gasteiger partial charge in [-0.1, -0.05) is 12.1 Å². The maximum absolute atomic E-state index is 11.8. The average Bonchev–Trinajstić information content (AvgIpc) is 2.39. The summed E-state index contributed by atoms with van der Waals surface area (Å²) in [5.41, 5.74) is 1.98. The minimum Gasteiger partial charge on any atom is -0.383 e. The first kappa shape index (κ1) is 15.5. The van der Waals surface area contributed by atoms with Gasteiger partial charge < -0.3 is 20.1 Å². The molecule has 0 bridgehead atoms. The molecule has 19 heavy (non-hydrogen) atoms. The van der Waals surface area contributed by atoms with Gasteiger partial charge in [0.2, 0.25) is 5.91 Å². The normalized spacial score (nSPS) is 11.9. The second-order valence-corrected chi connectivity index (χ2v) is 4.28. The lowest BCUT2D eigenvalue weighted by molar-refractivity contribution is -0.121. The lowest BCUT2D eigenvalue weighted by atomic mass is 10.2. The van der Waals surface area contributed by atoms with Gasteiger partial charge in [-0.25, -0.2) is 0 Å². The van der Waals surface area contributed by atoms with E-state index in [9.17, 15) is 4.79 Å². The third kappa shape index (κ3) is 5.72. The summed E-state index contributed by atoms with van der Waals surface area (Å²) in [4.78, 5) is 11.8. The molecule has 2 N–H and O–H groups in total. The number of nitrogens with one attached hydrogen (secondary N) is 2. The van der Waals surface area contributed by atoms with Gasteiger partial charge in [0.05, 0.1) is 13.2 Å². The van der Waals surface area contributed by atoms with E-state index in [1.807, 2.05) is 31.2 Å². The Bertz CT molecular complexity index is 396. The van der Waals surface area contributed by atoms with Crippen molar-refractivity contribution in [3.05, 3.63) is 29.8 Å². The van der Waals surface area contributed by atoms with Crippen LogP contribution in [0, 0.1) is 0 Å². The Labute approximate surface area is 114 Å². The van der Waals surface area contributed by atoms with Crippen molar-refractivity contribution in [2.24, 2.45) is 0 Å². The molecule has 0 radical (unpaired) electrons. The molecule has 1 atom stereocenters. The number of methoxy groups -OCH3 is 2. The highest BCUT2D eigenvalue weighted by molar-refractivity contribution is 5.84. The molecule has 5 nitrogen and oxygen atoms in total. The van der Waals surface area contributed by atoms with E-state index in [0.29, 0.717) is 19.8 Å². The molecule has 1 rings (SSSR count). The number of ether oxygens (including phenoxy) is 2. The molecule has 0 heterocycles. The summed E-state index contributed by atoms with van der Waals surface area (Å²) in [6.45, 7) is 3.42. The molecule has 0 saturated carbocycles. The third-order valence-electron chi connectivity index (χ3n) is 2.62. The molecule has 0 saturated heterocycles. The smallest absolute Gasteiger partial charge is 0.242 e. The van der Waals surface area contributed by atoms with Crippen LogP contribution in [-0.2, 0) is 20.9 Å². The van der Waals surface area contributed by atoms with Crippen molar-refractivity contribution in [2.75, 3.05) is 32.7 Å². The molecule has 0 aliphatic heterocycles. The van der Waals surface area contributed by atoms with Gasteiger partial charge in [0.25, 0.3) is 0 Å². The Kier molecular flexibility index (Phi) is 6.92. The number of carbonyl (C=O) groups is 1. The van der Waals surface area contributed by atoms with Crippen LogP contribution in [0.5, 0.6) is 0 Å². The lowest BCUT2D eigenvalue weighted by Gasteiger charge is -2.15. The molecule has 0 aromatic heterocycles. The quantitative estimate of drug-likeness (QED) is 0.698. The number of amides is 1. The zero-order chi connectivity index (χ0) is 14.1. The average molecular weight is 266 g/mol. The number of hydrogen-bond acceptors (Lipinski definition) is 4. The summed E-state index contributed by atoms with van der Waals surface area (Å²) in [5.74, 6) is -0.0470. The second-order valence-electron chi connectivity index (χ2n) is 4.28. The van der Waals surface area contributed by atoms with Crippen LogP contribution in [0.3, 0.4) is 0 Å². The van der Waals surface area contributed by atoms with Crippen LogP contribution < -0.4 is 10.6 Å². The minimum absolute atomic E-state index is 0.0470. The number of hydrogen-bond donors (Lipinski definition) is 2. The minimum atomic E-state index is -0.297. The number of anilines is 1. The van der Waals surface area contributed by atoms with Crippen LogP contribution in [0.25, 0.3) is 0 Å². The van der Waals surface area contributed by atoms with E-state index in [0.717, 1.165) is 11.3 Å². The SMILES string of the molecule is COCCNC(=O)C(C)Nc1cccc(COC)c1. The summed E-state index contributed by atoms with van der Waals surface area (Å²) in [6, 6.07) is 7.53. The van der Waals surface area contributed by atoms with Crippen molar-refractivity contribution in [3.63, 3.8) is 0 Å². The van der Waals surface area contributed by atoms with Crippen LogP contribution in [-0.4, -0.2) is 39.3 Å². The summed E-state index contributed by atoms with van der Waals surface area (Å²) >= 11 is 0. The topological polar surface area (TPSA) is 59.6 Å². The zero-order valence-electron chi connectivity index (χ0n) is 11.7. The molecule has 1 unspecified atom stereocenters. The highest BCUT2D eigenvalue weighted by Gasteiger charge is 2.11. The van der Waals surface area contributed by atoms with E-state index >= 15 is 0 Å². The second kappa shape index (κ2) is 8.50. The van der Waals surface area contributed by atoms with Crippen molar-refractivity contribution >= 4 is 11.6 Å². The maximum atomic E-state index is 11.8. The predicted molar refractivity (Wildman–Crippen MR) is 75.1 cm³/mol. The van der Waals surface area contributed by atoms with Gasteiger partial charge in [-0.05, 0) is 24.6 Å². The number of benzene rings is 1. The highest BCUT2D eigenvalue weighted by Crippen LogP contribution is 2.12. The molecule has 1 aromatic carbocycles. The van der Waals surface area contributed by atoms with Crippen LogP contribution in [0.2, 0.25) is 0 Å². The molecule has 0 aliphatic rings. The van der Waals surface area contributed by atoms with E-state index in [4.69, 9.17) is 9.47 Å². The molecule has 0 aliphatic carbocycles. The van der Waals surface area contributed by atoms with Crippen molar-refractivity contribution in [1.82, 2.24) is 5.32 Å². The fourth-order valence-corrected chi connectivity index (χ4v) is 1.66. The highest BCUT2D eigenvalue weighted by atomic mass is 16.5. The fraction of sp³-hybridized carbons (Fsp3) is 0.500. The van der Waals surface area contributed by atoms with Gasteiger partial charge in [-0.15, -0.1) is 0 Å². The predicted octanol–water partition coefficient (Wildman–Crippen LogP) is 1.40. The summed E-state index contributed by atoms with van der Waals surface area (Å²) < 4.78 is 9.96. The van der Waals surface area contributed by atoms with E-state index in [1.54, 1.807) is 14.2 Å². The molecule has 0 spiro atoms. The van der Waals surface area contributed by atoms with Crippen LogP contribution in [0.1, 0.15) is 12.5 Å². The van der Waals surface area contributed by atoms with E-state index in [-0.39, 0.29) is 11.9 Å². The van der Waals surface area contributed by atoms with E-state index in [1.165, 1.54) is 0 Å². The molecule has 0 fully saturated rings. The van der Waals surface area contributed by atoms with Crippen molar-refractivity contribution < 1.29 is 14.3 Å². The van der Waals surface area contributed by atoms with E-state index in [2.05, 4.69) is 10.6 Å². The third-order valence-corrected chi connectivity index (χ3v) is 2.62. The molecular weight excluding hydrogens is 244 g/mol. The summed E-state index contributed by atoms with van der Waals surface area (Å²) in [5, 5.41) is 5.95. The number of rotatable bonds is 8. The van der Waals surface area contributed by atoms with Crippen LogP contribution in [0.15, 0.2) is 24.3 Å². The first-order valence-electron chi connectivity index (χ1n) is 6.28. The fourth-order valence-electron chi connectivity index (χ4n) is 1.66. The molecule has 1 aromatic rings. The molecule has 1 amide bonds. The summed E-state index contributed by atoms with van der Waals surface area (Å²) in [6.07, 6.45) is 0. The summed E-state index contributed by atoms with van der Waals surface area (Å²) in [7, 11) is 3.26. The maximum Gasteiger partial charge on any atom is 0.242 e. The van der Waals surface area contributed by atoms with E-state index < -0.39 is 0 Å². The van der Waals surface area contributed by atoms with Crippen molar-refractivity contribution in [1.29, 1.82) is 0 Å².